The lowest BCUT2D eigenvalue weighted by atomic mass is 10.1. The average molecular weight is 211 g/mol. The maximum Gasteiger partial charge on any atom is 0.0595 e. The molecule has 0 saturated heterocycles. The van der Waals surface area contributed by atoms with Crippen molar-refractivity contribution in [3.05, 3.63) is 30.1 Å². The monoisotopic (exact) mass is 211 g/mol. The first-order chi connectivity index (χ1) is 6.83. The molecule has 1 rings (SSSR count). The summed E-state index contributed by atoms with van der Waals surface area (Å²) in [5.41, 5.74) is 0.976. The van der Waals surface area contributed by atoms with Gasteiger partial charge >= 0.3 is 0 Å². The Labute approximate surface area is 89.8 Å². The molecular formula is C11H17NOS. The largest absolute Gasteiger partial charge is 0.393 e. The topological polar surface area (TPSA) is 33.1 Å². The molecule has 1 heterocycles. The second kappa shape index (κ2) is 6.85. The summed E-state index contributed by atoms with van der Waals surface area (Å²) in [6.07, 6.45) is 6.24. The Morgan fingerprint density at radius 3 is 3.00 bits per heavy atom. The van der Waals surface area contributed by atoms with E-state index in [1.165, 1.54) is 0 Å². The van der Waals surface area contributed by atoms with Crippen LogP contribution in [-0.4, -0.2) is 28.2 Å². The van der Waals surface area contributed by atoms with Gasteiger partial charge in [-0.25, -0.2) is 0 Å². The van der Waals surface area contributed by atoms with E-state index in [1.807, 2.05) is 30.0 Å². The van der Waals surface area contributed by atoms with Gasteiger partial charge in [0.25, 0.3) is 0 Å². The Hall–Kier alpha value is -0.540. The fraction of sp³-hybridized carbons (Fsp3) is 0.545. The van der Waals surface area contributed by atoms with Crippen LogP contribution in [0, 0.1) is 0 Å². The number of rotatable bonds is 6. The quantitative estimate of drug-likeness (QED) is 0.732. The number of hydrogen-bond acceptors (Lipinski definition) is 3. The highest BCUT2D eigenvalue weighted by Gasteiger charge is 2.05. The van der Waals surface area contributed by atoms with Crippen molar-refractivity contribution >= 4 is 11.8 Å². The van der Waals surface area contributed by atoms with Gasteiger partial charge in [-0.15, -0.1) is 0 Å². The summed E-state index contributed by atoms with van der Waals surface area (Å²) in [7, 11) is 0. The second-order valence-electron chi connectivity index (χ2n) is 3.31. The van der Waals surface area contributed by atoms with Crippen molar-refractivity contribution in [2.45, 2.75) is 25.4 Å². The third kappa shape index (κ3) is 4.63. The molecule has 0 aliphatic heterocycles. The SMILES string of the molecule is CSCCCC(O)Cc1ccccn1. The summed E-state index contributed by atoms with van der Waals surface area (Å²) >= 11 is 1.82. The fourth-order valence-corrected chi connectivity index (χ4v) is 1.78. The number of aromatic nitrogens is 1. The lowest BCUT2D eigenvalue weighted by molar-refractivity contribution is 0.163. The van der Waals surface area contributed by atoms with Crippen LogP contribution < -0.4 is 0 Å². The molecule has 1 atom stereocenters. The lowest BCUT2D eigenvalue weighted by Gasteiger charge is -2.08. The zero-order valence-corrected chi connectivity index (χ0v) is 9.33. The molecule has 78 valence electrons. The van der Waals surface area contributed by atoms with Crippen LogP contribution in [0.25, 0.3) is 0 Å². The Bertz CT molecular complexity index is 240. The normalized spacial score (nSPS) is 12.7. The van der Waals surface area contributed by atoms with Gasteiger partial charge in [0.1, 0.15) is 0 Å². The van der Waals surface area contributed by atoms with E-state index in [-0.39, 0.29) is 6.10 Å². The summed E-state index contributed by atoms with van der Waals surface area (Å²) in [5.74, 6) is 1.12. The lowest BCUT2D eigenvalue weighted by Crippen LogP contribution is -2.11. The van der Waals surface area contributed by atoms with Crippen LogP contribution in [0.4, 0.5) is 0 Å². The highest BCUT2D eigenvalue weighted by molar-refractivity contribution is 7.98. The summed E-state index contributed by atoms with van der Waals surface area (Å²) < 4.78 is 0. The van der Waals surface area contributed by atoms with Crippen LogP contribution >= 0.6 is 11.8 Å². The van der Waals surface area contributed by atoms with E-state index in [4.69, 9.17) is 0 Å². The first-order valence-corrected chi connectivity index (χ1v) is 6.29. The predicted molar refractivity (Wildman–Crippen MR) is 61.6 cm³/mol. The van der Waals surface area contributed by atoms with Crippen molar-refractivity contribution in [1.29, 1.82) is 0 Å². The Kier molecular flexibility index (Phi) is 5.64. The van der Waals surface area contributed by atoms with Crippen LogP contribution in [-0.2, 0) is 6.42 Å². The molecule has 1 N–H and O–H groups in total. The van der Waals surface area contributed by atoms with Crippen LogP contribution in [0.15, 0.2) is 24.4 Å². The number of hydrogen-bond donors (Lipinski definition) is 1. The number of thioether (sulfide) groups is 1. The maximum absolute atomic E-state index is 9.68. The third-order valence-electron chi connectivity index (χ3n) is 2.06. The first-order valence-electron chi connectivity index (χ1n) is 4.90. The van der Waals surface area contributed by atoms with E-state index < -0.39 is 0 Å². The van der Waals surface area contributed by atoms with Gasteiger partial charge in [0, 0.05) is 18.3 Å². The molecule has 1 unspecified atom stereocenters. The minimum Gasteiger partial charge on any atom is -0.393 e. The number of aliphatic hydroxyl groups excluding tert-OH is 1. The number of pyridine rings is 1. The van der Waals surface area contributed by atoms with E-state index in [2.05, 4.69) is 11.2 Å². The molecule has 0 bridgehead atoms. The third-order valence-corrected chi connectivity index (χ3v) is 2.75. The minimum absolute atomic E-state index is 0.239. The molecule has 0 radical (unpaired) electrons. The van der Waals surface area contributed by atoms with Gasteiger partial charge in [0.15, 0.2) is 0 Å². The highest BCUT2D eigenvalue weighted by Crippen LogP contribution is 2.07. The Morgan fingerprint density at radius 1 is 1.50 bits per heavy atom. The van der Waals surface area contributed by atoms with Crippen LogP contribution in [0.2, 0.25) is 0 Å². The van der Waals surface area contributed by atoms with E-state index in [9.17, 15) is 5.11 Å². The molecule has 1 aromatic heterocycles. The van der Waals surface area contributed by atoms with Gasteiger partial charge in [-0.05, 0) is 37.0 Å². The van der Waals surface area contributed by atoms with Gasteiger partial charge in [0.05, 0.1) is 6.10 Å². The second-order valence-corrected chi connectivity index (χ2v) is 4.30. The zero-order valence-electron chi connectivity index (χ0n) is 8.52. The van der Waals surface area contributed by atoms with Crippen LogP contribution in [0.3, 0.4) is 0 Å². The highest BCUT2D eigenvalue weighted by atomic mass is 32.2. The molecule has 14 heavy (non-hydrogen) atoms. The van der Waals surface area contributed by atoms with Gasteiger partial charge in [-0.3, -0.25) is 4.98 Å². The minimum atomic E-state index is -0.239. The molecule has 0 fully saturated rings. The standard InChI is InChI=1S/C11H17NOS/c1-14-8-4-6-11(13)9-10-5-2-3-7-12-10/h2-3,5,7,11,13H,4,6,8-9H2,1H3. The van der Waals surface area contributed by atoms with Crippen LogP contribution in [0.1, 0.15) is 18.5 Å². The summed E-state index contributed by atoms with van der Waals surface area (Å²) in [6.45, 7) is 0. The van der Waals surface area contributed by atoms with Crippen molar-refractivity contribution < 1.29 is 5.11 Å². The molecule has 1 aromatic rings. The van der Waals surface area contributed by atoms with E-state index >= 15 is 0 Å². The summed E-state index contributed by atoms with van der Waals surface area (Å²) in [6, 6.07) is 5.80. The van der Waals surface area contributed by atoms with Crippen molar-refractivity contribution in [3.8, 4) is 0 Å². The van der Waals surface area contributed by atoms with E-state index in [1.54, 1.807) is 6.20 Å². The molecule has 0 aromatic carbocycles. The van der Waals surface area contributed by atoms with Crippen molar-refractivity contribution in [1.82, 2.24) is 4.98 Å². The van der Waals surface area contributed by atoms with Gasteiger partial charge < -0.3 is 5.11 Å². The average Bonchev–Trinajstić information content (AvgIpc) is 2.20. The molecule has 0 saturated carbocycles. The molecular weight excluding hydrogens is 194 g/mol. The van der Waals surface area contributed by atoms with Gasteiger partial charge in [0.2, 0.25) is 0 Å². The van der Waals surface area contributed by atoms with Gasteiger partial charge in [-0.2, -0.15) is 11.8 Å². The Balaban J connectivity index is 2.23. The van der Waals surface area contributed by atoms with Crippen molar-refractivity contribution in [2.75, 3.05) is 12.0 Å². The number of nitrogens with zero attached hydrogens (tertiary/aromatic N) is 1. The predicted octanol–water partition coefficient (Wildman–Crippen LogP) is 2.13. The van der Waals surface area contributed by atoms with E-state index in [0.717, 1.165) is 24.3 Å². The molecule has 3 heteroatoms. The van der Waals surface area contributed by atoms with Crippen molar-refractivity contribution in [2.24, 2.45) is 0 Å². The molecule has 2 nitrogen and oxygen atoms in total. The molecule has 0 spiro atoms. The Morgan fingerprint density at radius 2 is 2.36 bits per heavy atom. The molecule has 0 aliphatic rings. The van der Waals surface area contributed by atoms with Crippen LogP contribution in [0.5, 0.6) is 0 Å². The van der Waals surface area contributed by atoms with Gasteiger partial charge in [-0.1, -0.05) is 6.07 Å². The number of aliphatic hydroxyl groups is 1. The van der Waals surface area contributed by atoms with Crippen molar-refractivity contribution in [3.63, 3.8) is 0 Å². The zero-order chi connectivity index (χ0) is 10.2. The first kappa shape index (κ1) is 11.5. The summed E-state index contributed by atoms with van der Waals surface area (Å²) in [5, 5.41) is 9.68. The molecule has 0 amide bonds. The van der Waals surface area contributed by atoms with E-state index in [0.29, 0.717) is 6.42 Å². The smallest absolute Gasteiger partial charge is 0.0595 e. The maximum atomic E-state index is 9.68. The molecule has 0 aliphatic carbocycles. The fourth-order valence-electron chi connectivity index (χ4n) is 1.33. The summed E-state index contributed by atoms with van der Waals surface area (Å²) in [4.78, 5) is 4.18.